The number of fused-ring (bicyclic) bond motifs is 9. The fourth-order valence-electron chi connectivity index (χ4n) is 15.4. The molecule has 426 valence electrons. The zero-order valence-electron chi connectivity index (χ0n) is 52.3. The first-order valence-electron chi connectivity index (χ1n) is 31.4. The van der Waals surface area contributed by atoms with Gasteiger partial charge in [-0.3, -0.25) is 0 Å². The molecule has 2 aliphatic heterocycles. The zero-order chi connectivity index (χ0) is 59.4. The van der Waals surface area contributed by atoms with Gasteiger partial charge in [-0.25, -0.2) is 0 Å². The summed E-state index contributed by atoms with van der Waals surface area (Å²) in [4.78, 5) is 7.89. The second-order valence-corrected chi connectivity index (χ2v) is 30.2. The van der Waals surface area contributed by atoms with E-state index in [1.807, 2.05) is 11.3 Å². The van der Waals surface area contributed by atoms with E-state index >= 15 is 0 Å². The number of benzene rings is 10. The van der Waals surface area contributed by atoms with E-state index in [-0.39, 0.29) is 33.8 Å². The van der Waals surface area contributed by atoms with Gasteiger partial charge in [0.15, 0.2) is 0 Å². The Labute approximate surface area is 515 Å². The van der Waals surface area contributed by atoms with Crippen molar-refractivity contribution in [3.63, 3.8) is 0 Å². The lowest BCUT2D eigenvalue weighted by Crippen LogP contribution is -2.61. The second kappa shape index (κ2) is 19.4. The van der Waals surface area contributed by atoms with Crippen LogP contribution in [0.25, 0.3) is 42.4 Å². The Kier molecular flexibility index (Phi) is 12.3. The van der Waals surface area contributed by atoms with Gasteiger partial charge in [-0.05, 0) is 210 Å². The summed E-state index contributed by atoms with van der Waals surface area (Å²) in [5, 5.41) is 2.72. The van der Waals surface area contributed by atoms with Gasteiger partial charge in [0.25, 0.3) is 6.71 Å². The molecule has 11 aromatic rings. The monoisotopic (exact) mass is 1140 g/mol. The van der Waals surface area contributed by atoms with Crippen LogP contribution in [0, 0.1) is 6.92 Å². The second-order valence-electron chi connectivity index (χ2n) is 29.1. The van der Waals surface area contributed by atoms with Gasteiger partial charge < -0.3 is 14.7 Å². The zero-order valence-corrected chi connectivity index (χ0v) is 53.1. The number of anilines is 9. The van der Waals surface area contributed by atoms with E-state index in [2.05, 4.69) is 304 Å². The van der Waals surface area contributed by atoms with Gasteiger partial charge in [0.1, 0.15) is 0 Å². The molecule has 0 N–H and O–H groups in total. The molecule has 3 nitrogen and oxygen atoms in total. The first-order chi connectivity index (χ1) is 41.1. The van der Waals surface area contributed by atoms with E-state index in [1.165, 1.54) is 139 Å². The average Bonchev–Trinajstić information content (AvgIpc) is 1.42. The summed E-state index contributed by atoms with van der Waals surface area (Å²) in [5.74, 6) is 0. The molecule has 1 aromatic heterocycles. The molecule has 0 saturated carbocycles. The normalized spacial score (nSPS) is 16.7. The Balaban J connectivity index is 1.12. The molecule has 86 heavy (non-hydrogen) atoms. The summed E-state index contributed by atoms with van der Waals surface area (Å²) >= 11 is 1.97. The highest BCUT2D eigenvalue weighted by atomic mass is 32.1. The minimum atomic E-state index is -0.118. The average molecular weight is 1140 g/mol. The number of hydrogen-bond donors (Lipinski definition) is 0. The minimum Gasteiger partial charge on any atom is -0.311 e. The van der Waals surface area contributed by atoms with Crippen LogP contribution in [-0.4, -0.2) is 6.71 Å². The molecule has 0 radical (unpaired) electrons. The van der Waals surface area contributed by atoms with Crippen LogP contribution < -0.4 is 31.1 Å². The minimum absolute atomic E-state index is 0.0132. The molecule has 0 spiro atoms. The van der Waals surface area contributed by atoms with Crippen LogP contribution in [0.1, 0.15) is 135 Å². The quantitative estimate of drug-likeness (QED) is 0.147. The maximum absolute atomic E-state index is 2.71. The predicted molar refractivity (Wildman–Crippen MR) is 373 cm³/mol. The van der Waals surface area contributed by atoms with Crippen molar-refractivity contribution in [1.82, 2.24) is 0 Å². The number of aryl methyl sites for hydroxylation is 1. The Morgan fingerprint density at radius 3 is 1.47 bits per heavy atom. The Morgan fingerprint density at radius 1 is 0.395 bits per heavy atom. The van der Waals surface area contributed by atoms with E-state index in [9.17, 15) is 0 Å². The van der Waals surface area contributed by atoms with E-state index in [4.69, 9.17) is 0 Å². The molecule has 0 unspecified atom stereocenters. The van der Waals surface area contributed by atoms with Crippen molar-refractivity contribution in [1.29, 1.82) is 0 Å². The van der Waals surface area contributed by atoms with Gasteiger partial charge >= 0.3 is 0 Å². The molecule has 0 fully saturated rings. The van der Waals surface area contributed by atoms with Crippen LogP contribution in [0.4, 0.5) is 51.2 Å². The molecule has 10 aromatic carbocycles. The summed E-state index contributed by atoms with van der Waals surface area (Å²) in [6.45, 7) is 29.0. The highest BCUT2D eigenvalue weighted by Crippen LogP contribution is 2.55. The van der Waals surface area contributed by atoms with Crippen LogP contribution in [0.15, 0.2) is 206 Å². The molecule has 0 saturated heterocycles. The van der Waals surface area contributed by atoms with E-state index in [1.54, 1.807) is 0 Å². The summed E-state index contributed by atoms with van der Waals surface area (Å²) in [6, 6.07) is 79.8. The predicted octanol–water partition coefficient (Wildman–Crippen LogP) is 21.2. The molecule has 0 atom stereocenters. The number of rotatable bonds is 7. The fraction of sp³-hybridized carbons (Fsp3) is 0.259. The van der Waals surface area contributed by atoms with Gasteiger partial charge in [0.2, 0.25) is 0 Å². The summed E-state index contributed by atoms with van der Waals surface area (Å²) in [7, 11) is 0. The topological polar surface area (TPSA) is 9.72 Å². The van der Waals surface area contributed by atoms with Crippen LogP contribution in [0.3, 0.4) is 0 Å². The molecule has 5 heteroatoms. The van der Waals surface area contributed by atoms with Gasteiger partial charge in [0.05, 0.1) is 11.4 Å². The highest BCUT2D eigenvalue weighted by Gasteiger charge is 2.47. The van der Waals surface area contributed by atoms with Crippen LogP contribution >= 0.6 is 11.3 Å². The number of hydrogen-bond acceptors (Lipinski definition) is 4. The van der Waals surface area contributed by atoms with Crippen LogP contribution in [-0.2, 0) is 27.1 Å². The smallest absolute Gasteiger partial charge is 0.252 e. The highest BCUT2D eigenvalue weighted by molar-refractivity contribution is 7.26. The summed E-state index contributed by atoms with van der Waals surface area (Å²) in [6.07, 6.45) is 4.65. The third-order valence-corrected chi connectivity index (χ3v) is 21.7. The maximum Gasteiger partial charge on any atom is 0.252 e. The van der Waals surface area contributed by atoms with Crippen molar-refractivity contribution in [2.75, 3.05) is 14.7 Å². The third kappa shape index (κ3) is 8.64. The maximum atomic E-state index is 2.71. The molecule has 0 amide bonds. The van der Waals surface area contributed by atoms with Crippen molar-refractivity contribution in [2.45, 2.75) is 136 Å². The molecule has 3 heterocycles. The molecule has 0 bridgehead atoms. The summed E-state index contributed by atoms with van der Waals surface area (Å²) in [5.41, 5.74) is 28.0. The number of thiophene rings is 1. The van der Waals surface area contributed by atoms with Gasteiger partial charge in [-0.1, -0.05) is 204 Å². The first-order valence-corrected chi connectivity index (χ1v) is 32.3. The van der Waals surface area contributed by atoms with Crippen molar-refractivity contribution in [2.24, 2.45) is 0 Å². The lowest BCUT2D eigenvalue weighted by molar-refractivity contribution is 0.332. The molecule has 2 aliphatic carbocycles. The van der Waals surface area contributed by atoms with Gasteiger partial charge in [0, 0.05) is 60.2 Å². The largest absolute Gasteiger partial charge is 0.311 e. The van der Waals surface area contributed by atoms with Crippen LogP contribution in [0.5, 0.6) is 0 Å². The molecule has 15 rings (SSSR count). The number of para-hydroxylation sites is 2. The Morgan fingerprint density at radius 2 is 0.884 bits per heavy atom. The Bertz CT molecular complexity index is 4490. The lowest BCUT2D eigenvalue weighted by Gasteiger charge is -2.47. The molecular formula is C81H78BN3S. The lowest BCUT2D eigenvalue weighted by atomic mass is 9.33. The van der Waals surface area contributed by atoms with Gasteiger partial charge in [-0.2, -0.15) is 0 Å². The number of nitrogens with zero attached hydrogens (tertiary/aromatic N) is 3. The van der Waals surface area contributed by atoms with E-state index < -0.39 is 0 Å². The van der Waals surface area contributed by atoms with Crippen molar-refractivity contribution < 1.29 is 0 Å². The van der Waals surface area contributed by atoms with Crippen molar-refractivity contribution >= 4 is 106 Å². The fourth-order valence-corrected chi connectivity index (χ4v) is 16.5. The van der Waals surface area contributed by atoms with Crippen molar-refractivity contribution in [3.8, 4) is 22.3 Å². The van der Waals surface area contributed by atoms with Crippen molar-refractivity contribution in [3.05, 3.63) is 240 Å². The third-order valence-electron chi connectivity index (χ3n) is 20.6. The van der Waals surface area contributed by atoms with E-state index in [0.717, 1.165) is 29.9 Å². The molecule has 4 aliphatic rings. The van der Waals surface area contributed by atoms with Gasteiger partial charge in [-0.15, -0.1) is 11.3 Å². The SMILES string of the molecule is Cc1cc2c(cc1N1c3cc(-c4ccccc4)ccc3B3c4cc5c(cc4N(c4ccc(C(C)(C)C)cc4-c4ccccc4)c4cc(N(c6ccccc6)c6ccccc6)cc1c43)sc1cc3c(cc15)C(C)(C)CCC3(C)C)C(C)(C)CCC2(C)C. The van der Waals surface area contributed by atoms with Crippen LogP contribution in [0.2, 0.25) is 0 Å². The summed E-state index contributed by atoms with van der Waals surface area (Å²) < 4.78 is 2.69. The van der Waals surface area contributed by atoms with E-state index in [0.29, 0.717) is 0 Å². The first kappa shape index (κ1) is 54.5. The Hall–Kier alpha value is -8.12. The molecular weight excluding hydrogens is 1060 g/mol. The standard InChI is InChI=1S/C81H78BN3S/c1-51-41-62-64(80(9,10)39-37-78(62,5)6)48-69(51)85-70-42-54(52-25-17-13-18-26-52)33-35-66(70)82-67-47-61-60-46-63-65(81(11,12)40-38-79(63,7)8)49-74(60)86-75(61)50-71(67)84(68-36-34-55(77(2,3)4)43-59(68)53-27-19-14-20-28-53)72-44-58(45-73(85)76(72)82)83(56-29-21-15-22-30-56)57-31-23-16-24-32-57/h13-36,41-50H,37-40H2,1-12H3.